The molecule has 0 aromatic rings. The van der Waals surface area contributed by atoms with Crippen molar-refractivity contribution in [1.29, 1.82) is 0 Å². The lowest BCUT2D eigenvalue weighted by molar-refractivity contribution is -0.0854. The van der Waals surface area contributed by atoms with Crippen molar-refractivity contribution in [3.63, 3.8) is 0 Å². The Kier molecular flexibility index (Phi) is 40.6. The molecule has 3 unspecified atom stereocenters. The highest BCUT2D eigenvalue weighted by molar-refractivity contribution is 4.56. The fraction of sp³-hybridized carbons (Fsp3) is 1.00. The molecule has 0 amide bonds. The maximum Gasteiger partial charge on any atom is 0.0781 e. The summed E-state index contributed by atoms with van der Waals surface area (Å²) < 4.78 is 55.8. The van der Waals surface area contributed by atoms with Gasteiger partial charge in [0, 0.05) is 6.61 Å². The number of rotatable bonds is 42. The SMILES string of the molecule is CCCCCCCCCCCCCCOCC(C)OCC(C)OCC(C)OCCOCCOCCOCCOCCOCCOCCO. The summed E-state index contributed by atoms with van der Waals surface area (Å²) in [5.74, 6) is 0. The predicted octanol–water partition coefficient (Wildman–Crippen LogP) is 6.01. The van der Waals surface area contributed by atoms with Crippen LogP contribution in [0.25, 0.3) is 0 Å². The van der Waals surface area contributed by atoms with Crippen LogP contribution in [0.3, 0.4) is 0 Å². The highest BCUT2D eigenvalue weighted by Gasteiger charge is 2.10. The van der Waals surface area contributed by atoms with Crippen LogP contribution in [0.5, 0.6) is 0 Å². The van der Waals surface area contributed by atoms with E-state index in [2.05, 4.69) is 13.8 Å². The van der Waals surface area contributed by atoms with Gasteiger partial charge in [0.05, 0.1) is 131 Å². The molecule has 290 valence electrons. The van der Waals surface area contributed by atoms with Gasteiger partial charge < -0.3 is 52.5 Å². The molecule has 0 spiro atoms. The molecule has 11 heteroatoms. The predicted molar refractivity (Wildman–Crippen MR) is 190 cm³/mol. The molecule has 48 heavy (non-hydrogen) atoms. The minimum atomic E-state index is -0.0192. The van der Waals surface area contributed by atoms with E-state index < -0.39 is 0 Å². The molecule has 3 atom stereocenters. The number of ether oxygens (including phenoxy) is 10. The number of aliphatic hydroxyl groups excluding tert-OH is 1. The third-order valence-electron chi connectivity index (χ3n) is 7.45. The van der Waals surface area contributed by atoms with Crippen molar-refractivity contribution in [2.75, 3.05) is 119 Å². The van der Waals surface area contributed by atoms with E-state index in [9.17, 15) is 0 Å². The average molecular weight is 697 g/mol. The minimum Gasteiger partial charge on any atom is -0.394 e. The van der Waals surface area contributed by atoms with E-state index in [0.29, 0.717) is 106 Å². The van der Waals surface area contributed by atoms with Gasteiger partial charge in [-0.2, -0.15) is 0 Å². The van der Waals surface area contributed by atoms with Gasteiger partial charge in [0.1, 0.15) is 0 Å². The van der Waals surface area contributed by atoms with E-state index in [4.69, 9.17) is 52.5 Å². The smallest absolute Gasteiger partial charge is 0.0781 e. The average Bonchev–Trinajstić information content (AvgIpc) is 3.09. The van der Waals surface area contributed by atoms with Crippen LogP contribution >= 0.6 is 0 Å². The van der Waals surface area contributed by atoms with Gasteiger partial charge in [-0.15, -0.1) is 0 Å². The lowest BCUT2D eigenvalue weighted by atomic mass is 10.1. The van der Waals surface area contributed by atoms with Gasteiger partial charge in [-0.3, -0.25) is 0 Å². The molecule has 0 heterocycles. The molecule has 0 aliphatic carbocycles. The zero-order valence-electron chi connectivity index (χ0n) is 31.5. The van der Waals surface area contributed by atoms with Crippen LogP contribution in [0.15, 0.2) is 0 Å². The molecule has 0 aliphatic heterocycles. The maximum absolute atomic E-state index is 8.60. The normalized spacial score (nSPS) is 13.7. The van der Waals surface area contributed by atoms with Crippen LogP contribution in [0.2, 0.25) is 0 Å². The topological polar surface area (TPSA) is 113 Å². The van der Waals surface area contributed by atoms with Crippen molar-refractivity contribution in [3.8, 4) is 0 Å². The first-order valence-electron chi connectivity index (χ1n) is 19.1. The van der Waals surface area contributed by atoms with Crippen LogP contribution in [0.1, 0.15) is 105 Å². The van der Waals surface area contributed by atoms with Crippen molar-refractivity contribution in [1.82, 2.24) is 0 Å². The van der Waals surface area contributed by atoms with Crippen LogP contribution in [-0.4, -0.2) is 142 Å². The molecule has 0 fully saturated rings. The largest absolute Gasteiger partial charge is 0.394 e. The fourth-order valence-corrected chi connectivity index (χ4v) is 4.61. The summed E-state index contributed by atoms with van der Waals surface area (Å²) in [6.07, 6.45) is 16.3. The fourth-order valence-electron chi connectivity index (χ4n) is 4.61. The number of hydrogen-bond acceptors (Lipinski definition) is 11. The highest BCUT2D eigenvalue weighted by atomic mass is 16.6. The number of aliphatic hydroxyl groups is 1. The molecule has 1 N–H and O–H groups in total. The molecule has 0 aromatic carbocycles. The van der Waals surface area contributed by atoms with Gasteiger partial charge in [-0.05, 0) is 27.2 Å². The molecule has 0 rings (SSSR count). The second-order valence-corrected chi connectivity index (χ2v) is 12.3. The monoisotopic (exact) mass is 697 g/mol. The Hall–Kier alpha value is -0.440. The molecule has 0 bridgehead atoms. The van der Waals surface area contributed by atoms with Crippen LogP contribution in [0, 0.1) is 0 Å². The molecule has 11 nitrogen and oxygen atoms in total. The minimum absolute atomic E-state index is 0.00576. The molecule has 0 saturated carbocycles. The van der Waals surface area contributed by atoms with Gasteiger partial charge in [-0.25, -0.2) is 0 Å². The van der Waals surface area contributed by atoms with E-state index in [0.717, 1.165) is 13.0 Å². The van der Waals surface area contributed by atoms with Crippen molar-refractivity contribution < 1.29 is 52.5 Å². The second kappa shape index (κ2) is 41.0. The third kappa shape index (κ3) is 40.0. The van der Waals surface area contributed by atoms with Crippen LogP contribution in [-0.2, 0) is 47.4 Å². The Morgan fingerprint density at radius 1 is 0.333 bits per heavy atom. The van der Waals surface area contributed by atoms with E-state index in [1.807, 2.05) is 13.8 Å². The van der Waals surface area contributed by atoms with E-state index in [1.165, 1.54) is 70.6 Å². The van der Waals surface area contributed by atoms with E-state index in [1.54, 1.807) is 0 Å². The summed E-state index contributed by atoms with van der Waals surface area (Å²) in [6.45, 7) is 17.3. The van der Waals surface area contributed by atoms with E-state index >= 15 is 0 Å². The molecular weight excluding hydrogens is 620 g/mol. The van der Waals surface area contributed by atoms with E-state index in [-0.39, 0.29) is 24.9 Å². The Bertz CT molecular complexity index is 588. The van der Waals surface area contributed by atoms with Crippen molar-refractivity contribution >= 4 is 0 Å². The summed E-state index contributed by atoms with van der Waals surface area (Å²) in [5, 5.41) is 8.60. The first kappa shape index (κ1) is 47.6. The molecular formula is C37H76O11. The summed E-state index contributed by atoms with van der Waals surface area (Å²) in [4.78, 5) is 0. The molecule has 0 saturated heterocycles. The Labute approximate surface area is 294 Å². The maximum atomic E-state index is 8.60. The lowest BCUT2D eigenvalue weighted by Crippen LogP contribution is -2.27. The van der Waals surface area contributed by atoms with Crippen molar-refractivity contribution in [3.05, 3.63) is 0 Å². The van der Waals surface area contributed by atoms with Gasteiger partial charge in [0.25, 0.3) is 0 Å². The quantitative estimate of drug-likeness (QED) is 0.0758. The number of hydrogen-bond donors (Lipinski definition) is 1. The summed E-state index contributed by atoms with van der Waals surface area (Å²) in [7, 11) is 0. The molecule has 0 aromatic heterocycles. The van der Waals surface area contributed by atoms with Crippen molar-refractivity contribution in [2.24, 2.45) is 0 Å². The Balaban J connectivity index is 3.34. The van der Waals surface area contributed by atoms with Gasteiger partial charge in [-0.1, -0.05) is 77.6 Å². The highest BCUT2D eigenvalue weighted by Crippen LogP contribution is 2.12. The first-order chi connectivity index (χ1) is 23.6. The Morgan fingerprint density at radius 3 is 1.08 bits per heavy atom. The van der Waals surface area contributed by atoms with Gasteiger partial charge in [0.15, 0.2) is 0 Å². The van der Waals surface area contributed by atoms with Crippen LogP contribution in [0.4, 0.5) is 0 Å². The molecule has 0 aliphatic rings. The van der Waals surface area contributed by atoms with Crippen molar-refractivity contribution in [2.45, 2.75) is 123 Å². The standard InChI is InChI=1S/C37H76O11/c1-5-6-7-8-9-10-11-12-13-14-15-16-18-45-32-35(2)47-34-37(4)48-33-36(3)46-31-30-44-29-28-43-27-26-42-25-24-41-23-22-40-21-20-39-19-17-38/h35-38H,5-34H2,1-4H3. The lowest BCUT2D eigenvalue weighted by Gasteiger charge is -2.20. The zero-order chi connectivity index (χ0) is 35.0. The second-order valence-electron chi connectivity index (χ2n) is 12.3. The van der Waals surface area contributed by atoms with Gasteiger partial charge in [0.2, 0.25) is 0 Å². The van der Waals surface area contributed by atoms with Gasteiger partial charge >= 0.3 is 0 Å². The first-order valence-corrected chi connectivity index (χ1v) is 19.1. The summed E-state index contributed by atoms with van der Waals surface area (Å²) in [5.41, 5.74) is 0. The van der Waals surface area contributed by atoms with Crippen LogP contribution < -0.4 is 0 Å². The summed E-state index contributed by atoms with van der Waals surface area (Å²) in [6, 6.07) is 0. The molecule has 0 radical (unpaired) electrons. The third-order valence-corrected chi connectivity index (χ3v) is 7.45. The Morgan fingerprint density at radius 2 is 0.667 bits per heavy atom. The zero-order valence-corrected chi connectivity index (χ0v) is 31.5. The number of unbranched alkanes of at least 4 members (excludes halogenated alkanes) is 11. The summed E-state index contributed by atoms with van der Waals surface area (Å²) >= 11 is 0.